The minimum Gasteiger partial charge on any atom is -0.316 e. The van der Waals surface area contributed by atoms with Crippen LogP contribution < -0.4 is 4.90 Å². The van der Waals surface area contributed by atoms with Crippen LogP contribution in [0.2, 0.25) is 0 Å². The molecule has 4 saturated heterocycles. The van der Waals surface area contributed by atoms with Crippen molar-refractivity contribution in [3.63, 3.8) is 0 Å². The molecular formula is C21H16N2O3S2. The average Bonchev–Trinajstić information content (AvgIpc) is 3.41. The molecule has 4 fully saturated rings. The first-order valence-corrected chi connectivity index (χ1v) is 11.1. The van der Waals surface area contributed by atoms with Gasteiger partial charge in [0.25, 0.3) is 0 Å². The summed E-state index contributed by atoms with van der Waals surface area (Å²) in [4.78, 5) is 43.9. The summed E-state index contributed by atoms with van der Waals surface area (Å²) < 4.78 is -1.69. The van der Waals surface area contributed by atoms with E-state index in [1.807, 2.05) is 53.4 Å². The van der Waals surface area contributed by atoms with Crippen LogP contribution in [-0.4, -0.2) is 39.1 Å². The second kappa shape index (κ2) is 5.42. The number of thioether (sulfide) groups is 2. The molecule has 6 rings (SSSR count). The fraction of sp³-hybridized carbons (Fsp3) is 0.286. The molecule has 28 heavy (non-hydrogen) atoms. The van der Waals surface area contributed by atoms with E-state index in [0.29, 0.717) is 12.2 Å². The largest absolute Gasteiger partial charge is 0.316 e. The summed E-state index contributed by atoms with van der Waals surface area (Å²) in [6.07, 6.45) is 0. The molecule has 3 amide bonds. The van der Waals surface area contributed by atoms with Crippen LogP contribution in [0.3, 0.4) is 0 Å². The quantitative estimate of drug-likeness (QED) is 0.715. The van der Waals surface area contributed by atoms with Gasteiger partial charge >= 0.3 is 0 Å². The average molecular weight is 409 g/mol. The molecule has 4 atom stereocenters. The number of carbonyl (C=O) groups excluding carboxylic acids is 3. The lowest BCUT2D eigenvalue weighted by atomic mass is 9.74. The summed E-state index contributed by atoms with van der Waals surface area (Å²) in [5, 5.41) is 0. The highest BCUT2D eigenvalue weighted by molar-refractivity contribution is 8.19. The molecule has 4 heterocycles. The number of fused-ring (bicyclic) bond motifs is 3. The van der Waals surface area contributed by atoms with Crippen molar-refractivity contribution in [3.05, 3.63) is 66.2 Å². The van der Waals surface area contributed by atoms with E-state index in [0.717, 1.165) is 11.3 Å². The van der Waals surface area contributed by atoms with Gasteiger partial charge in [-0.25, -0.2) is 4.90 Å². The van der Waals surface area contributed by atoms with E-state index >= 15 is 0 Å². The smallest absolute Gasteiger partial charge is 0.246 e. The van der Waals surface area contributed by atoms with Gasteiger partial charge in [-0.05, 0) is 17.7 Å². The molecule has 140 valence electrons. The maximum absolute atomic E-state index is 13.6. The van der Waals surface area contributed by atoms with E-state index in [4.69, 9.17) is 0 Å². The van der Waals surface area contributed by atoms with Crippen LogP contribution in [-0.2, 0) is 19.1 Å². The van der Waals surface area contributed by atoms with Crippen LogP contribution in [0.4, 0.5) is 5.69 Å². The van der Waals surface area contributed by atoms with Gasteiger partial charge in [0, 0.05) is 12.3 Å². The second-order valence-corrected chi connectivity index (χ2v) is 10.5. The standard InChI is InChI=1S/C21H16N2O3S2/c24-17-15-16(18(25)23(17)14-9-5-2-6-10-14)21-22(11-12-27-21)19(26)20(15,28-21)13-7-3-1-4-8-13/h1-10,15-16H,11-12H2/t15-,16+,20-,21+/m0/s1. The van der Waals surface area contributed by atoms with Crippen molar-refractivity contribution in [1.82, 2.24) is 4.90 Å². The molecule has 5 nitrogen and oxygen atoms in total. The molecule has 2 bridgehead atoms. The van der Waals surface area contributed by atoms with Crippen molar-refractivity contribution in [2.45, 2.75) is 8.95 Å². The second-order valence-electron chi connectivity index (χ2n) is 7.44. The van der Waals surface area contributed by atoms with E-state index in [2.05, 4.69) is 0 Å². The van der Waals surface area contributed by atoms with Gasteiger partial charge in [0.05, 0.1) is 17.5 Å². The number of piperidine rings is 1. The zero-order valence-electron chi connectivity index (χ0n) is 14.8. The molecule has 7 heteroatoms. The van der Waals surface area contributed by atoms with Gasteiger partial charge in [-0.3, -0.25) is 14.4 Å². The van der Waals surface area contributed by atoms with Crippen LogP contribution in [0.5, 0.6) is 0 Å². The van der Waals surface area contributed by atoms with Crippen LogP contribution in [0.1, 0.15) is 5.56 Å². The van der Waals surface area contributed by atoms with Gasteiger partial charge in [-0.15, -0.1) is 11.8 Å². The van der Waals surface area contributed by atoms with Crippen molar-refractivity contribution >= 4 is 46.9 Å². The van der Waals surface area contributed by atoms with E-state index in [1.165, 1.54) is 16.7 Å². The van der Waals surface area contributed by atoms with Crippen LogP contribution >= 0.6 is 23.5 Å². The van der Waals surface area contributed by atoms with Gasteiger partial charge in [-0.2, -0.15) is 0 Å². The lowest BCUT2D eigenvalue weighted by Gasteiger charge is -2.37. The van der Waals surface area contributed by atoms with Gasteiger partial charge in [0.1, 0.15) is 8.95 Å². The molecule has 1 spiro atoms. The minimum absolute atomic E-state index is 0.0222. The normalized spacial score (nSPS) is 35.6. The van der Waals surface area contributed by atoms with Gasteiger partial charge in [0.15, 0.2) is 0 Å². The highest BCUT2D eigenvalue weighted by Crippen LogP contribution is 2.76. The zero-order valence-corrected chi connectivity index (χ0v) is 16.4. The third kappa shape index (κ3) is 1.71. The van der Waals surface area contributed by atoms with Gasteiger partial charge in [0.2, 0.25) is 17.7 Å². The number of para-hydroxylation sites is 1. The third-order valence-electron chi connectivity index (χ3n) is 6.22. The summed E-state index contributed by atoms with van der Waals surface area (Å²) in [5.41, 5.74) is 1.40. The van der Waals surface area contributed by atoms with Crippen LogP contribution in [0.15, 0.2) is 60.7 Å². The summed E-state index contributed by atoms with van der Waals surface area (Å²) in [6, 6.07) is 18.6. The number of benzene rings is 2. The van der Waals surface area contributed by atoms with E-state index < -0.39 is 20.8 Å². The van der Waals surface area contributed by atoms with Crippen molar-refractivity contribution < 1.29 is 14.4 Å². The van der Waals surface area contributed by atoms with Crippen LogP contribution in [0.25, 0.3) is 0 Å². The molecular weight excluding hydrogens is 392 g/mol. The molecule has 2 aromatic rings. The highest BCUT2D eigenvalue weighted by atomic mass is 32.2. The molecule has 0 saturated carbocycles. The monoisotopic (exact) mass is 408 g/mol. The molecule has 2 aromatic carbocycles. The Labute approximate surface area is 170 Å². The lowest BCUT2D eigenvalue weighted by Crippen LogP contribution is -2.55. The van der Waals surface area contributed by atoms with Gasteiger partial charge < -0.3 is 4.90 Å². The Morgan fingerprint density at radius 3 is 2.21 bits per heavy atom. The maximum Gasteiger partial charge on any atom is 0.246 e. The maximum atomic E-state index is 13.6. The molecule has 4 aliphatic heterocycles. The number of hydrogen-bond acceptors (Lipinski definition) is 5. The molecule has 0 unspecified atom stereocenters. The number of amides is 3. The van der Waals surface area contributed by atoms with Crippen molar-refractivity contribution in [3.8, 4) is 0 Å². The van der Waals surface area contributed by atoms with Crippen LogP contribution in [0, 0.1) is 11.8 Å². The predicted molar refractivity (Wildman–Crippen MR) is 109 cm³/mol. The van der Waals surface area contributed by atoms with Gasteiger partial charge in [-0.1, -0.05) is 60.3 Å². The molecule has 0 aliphatic carbocycles. The predicted octanol–water partition coefficient (Wildman–Crippen LogP) is 2.68. The summed E-state index contributed by atoms with van der Waals surface area (Å²) in [6.45, 7) is 0.626. The Kier molecular flexibility index (Phi) is 3.23. The fourth-order valence-electron chi connectivity index (χ4n) is 5.16. The van der Waals surface area contributed by atoms with Crippen molar-refractivity contribution in [2.24, 2.45) is 11.8 Å². The number of rotatable bonds is 2. The fourth-order valence-corrected chi connectivity index (χ4v) is 9.28. The SMILES string of the molecule is O=C1[C@@H]2[C@H](C(=O)N1c1ccccc1)[C@]13SCCN1C(=O)[C@@]2(c1ccccc1)S3. The Morgan fingerprint density at radius 1 is 0.857 bits per heavy atom. The zero-order chi connectivity index (χ0) is 19.1. The first-order chi connectivity index (χ1) is 13.6. The molecule has 0 N–H and O–H groups in total. The molecule has 0 radical (unpaired) electrons. The Hall–Kier alpha value is -2.25. The van der Waals surface area contributed by atoms with Crippen molar-refractivity contribution in [1.29, 1.82) is 0 Å². The topological polar surface area (TPSA) is 57.7 Å². The third-order valence-corrected chi connectivity index (χ3v) is 9.86. The highest BCUT2D eigenvalue weighted by Gasteiger charge is 2.83. The lowest BCUT2D eigenvalue weighted by molar-refractivity contribution is -0.144. The Morgan fingerprint density at radius 2 is 1.50 bits per heavy atom. The molecule has 4 aliphatic rings. The number of carbonyl (C=O) groups is 3. The number of hydrogen-bond donors (Lipinski definition) is 0. The number of anilines is 1. The first-order valence-electron chi connectivity index (χ1n) is 9.26. The van der Waals surface area contributed by atoms with E-state index in [1.54, 1.807) is 23.9 Å². The van der Waals surface area contributed by atoms with E-state index in [-0.39, 0.29) is 17.7 Å². The summed E-state index contributed by atoms with van der Waals surface area (Å²) in [7, 11) is 0. The Bertz CT molecular complexity index is 1030. The Balaban J connectivity index is 1.58. The number of imide groups is 1. The molecule has 0 aromatic heterocycles. The van der Waals surface area contributed by atoms with E-state index in [9.17, 15) is 14.4 Å². The first kappa shape index (κ1) is 16.7. The van der Waals surface area contributed by atoms with Crippen molar-refractivity contribution in [2.75, 3.05) is 17.2 Å². The summed E-state index contributed by atoms with van der Waals surface area (Å²) >= 11 is 3.17. The summed E-state index contributed by atoms with van der Waals surface area (Å²) in [5.74, 6) is -0.850. The number of nitrogens with zero attached hydrogens (tertiary/aromatic N) is 2. The minimum atomic E-state index is -1.02.